The summed E-state index contributed by atoms with van der Waals surface area (Å²) in [7, 11) is 0. The van der Waals surface area contributed by atoms with E-state index in [9.17, 15) is 14.9 Å². The van der Waals surface area contributed by atoms with Gasteiger partial charge in [-0.3, -0.25) is 14.9 Å². The van der Waals surface area contributed by atoms with Crippen molar-refractivity contribution in [3.05, 3.63) is 28.3 Å². The predicted octanol–water partition coefficient (Wildman–Crippen LogP) is 2.90. The minimum Gasteiger partial charge on any atom is -0.491 e. The number of aliphatic carboxylic acids is 1. The predicted molar refractivity (Wildman–Crippen MR) is 78.8 cm³/mol. The highest BCUT2D eigenvalue weighted by Crippen LogP contribution is 2.27. The highest BCUT2D eigenvalue weighted by molar-refractivity contribution is 5.67. The first-order valence-corrected chi connectivity index (χ1v) is 6.69. The van der Waals surface area contributed by atoms with Crippen molar-refractivity contribution in [3.8, 4) is 5.75 Å². The van der Waals surface area contributed by atoms with E-state index in [0.29, 0.717) is 18.0 Å². The fraction of sp³-hybridized carbons (Fsp3) is 0.500. The van der Waals surface area contributed by atoms with Crippen molar-refractivity contribution < 1.29 is 19.6 Å². The number of hydrogen-bond acceptors (Lipinski definition) is 5. The number of benzene rings is 1. The Kier molecular flexibility index (Phi) is 5.95. The van der Waals surface area contributed by atoms with Gasteiger partial charge in [0, 0.05) is 30.8 Å². The number of nitrogens with zero attached hydrogens (tertiary/aromatic N) is 1. The second-order valence-corrected chi connectivity index (χ2v) is 5.22. The first-order chi connectivity index (χ1) is 9.77. The van der Waals surface area contributed by atoms with Gasteiger partial charge < -0.3 is 15.2 Å². The molecule has 0 spiro atoms. The van der Waals surface area contributed by atoms with E-state index in [-0.39, 0.29) is 24.1 Å². The van der Waals surface area contributed by atoms with E-state index < -0.39 is 10.9 Å². The molecule has 0 aromatic heterocycles. The molecule has 1 rings (SSSR count). The van der Waals surface area contributed by atoms with Crippen molar-refractivity contribution in [1.82, 2.24) is 0 Å². The van der Waals surface area contributed by atoms with Crippen LogP contribution in [-0.4, -0.2) is 28.6 Å². The zero-order valence-corrected chi connectivity index (χ0v) is 12.3. The van der Waals surface area contributed by atoms with E-state index in [1.807, 2.05) is 13.8 Å². The third-order valence-corrected chi connectivity index (χ3v) is 2.65. The van der Waals surface area contributed by atoms with E-state index >= 15 is 0 Å². The van der Waals surface area contributed by atoms with Crippen molar-refractivity contribution in [3.63, 3.8) is 0 Å². The number of nitro groups is 1. The van der Waals surface area contributed by atoms with Crippen LogP contribution in [0.25, 0.3) is 0 Å². The highest BCUT2D eigenvalue weighted by Gasteiger charge is 2.13. The lowest BCUT2D eigenvalue weighted by atomic mass is 10.1. The van der Waals surface area contributed by atoms with Crippen LogP contribution in [0.5, 0.6) is 5.75 Å². The number of non-ortho nitro benzene ring substituents is 1. The maximum absolute atomic E-state index is 10.9. The van der Waals surface area contributed by atoms with E-state index in [4.69, 9.17) is 9.84 Å². The molecule has 7 heteroatoms. The molecular formula is C14H20N2O5. The molecule has 0 fully saturated rings. The van der Waals surface area contributed by atoms with Gasteiger partial charge in [0.15, 0.2) is 0 Å². The summed E-state index contributed by atoms with van der Waals surface area (Å²) >= 11 is 0. The Labute approximate surface area is 123 Å². The van der Waals surface area contributed by atoms with Crippen LogP contribution >= 0.6 is 0 Å². The number of nitro benzene ring substituents is 1. The summed E-state index contributed by atoms with van der Waals surface area (Å²) in [6.45, 7) is 5.88. The lowest BCUT2D eigenvalue weighted by Gasteiger charge is -2.14. The van der Waals surface area contributed by atoms with Gasteiger partial charge in [-0.15, -0.1) is 0 Å². The zero-order chi connectivity index (χ0) is 16.0. The maximum atomic E-state index is 10.9. The minimum atomic E-state index is -0.868. The molecule has 21 heavy (non-hydrogen) atoms. The fourth-order valence-corrected chi connectivity index (χ4v) is 1.79. The first-order valence-electron chi connectivity index (χ1n) is 6.69. The molecule has 116 valence electrons. The summed E-state index contributed by atoms with van der Waals surface area (Å²) in [6, 6.07) is 4.44. The standard InChI is InChI=1S/C14H20N2O5/c1-9(2)21-13-6-11(5-12(7-13)16(19)20)15-8-10(3)4-14(17)18/h5-7,9-10,15H,4,8H2,1-3H3,(H,17,18). The summed E-state index contributed by atoms with van der Waals surface area (Å²) in [6.07, 6.45) is -0.0529. The Morgan fingerprint density at radius 2 is 2.05 bits per heavy atom. The van der Waals surface area contributed by atoms with Crippen LogP contribution in [-0.2, 0) is 4.79 Å². The molecule has 1 unspecified atom stereocenters. The largest absolute Gasteiger partial charge is 0.491 e. The normalized spacial score (nSPS) is 12.0. The molecule has 0 bridgehead atoms. The van der Waals surface area contributed by atoms with E-state index in [2.05, 4.69) is 5.32 Å². The number of hydrogen-bond donors (Lipinski definition) is 2. The summed E-state index contributed by atoms with van der Waals surface area (Å²) in [4.78, 5) is 21.0. The van der Waals surface area contributed by atoms with Crippen LogP contribution in [0.3, 0.4) is 0 Å². The van der Waals surface area contributed by atoms with Crippen LogP contribution in [0.2, 0.25) is 0 Å². The molecule has 1 aromatic carbocycles. The lowest BCUT2D eigenvalue weighted by molar-refractivity contribution is -0.384. The van der Waals surface area contributed by atoms with E-state index in [1.54, 1.807) is 13.0 Å². The van der Waals surface area contributed by atoms with Gasteiger partial charge in [0.05, 0.1) is 17.1 Å². The molecule has 0 saturated carbocycles. The Balaban J connectivity index is 2.82. The van der Waals surface area contributed by atoms with E-state index in [1.165, 1.54) is 12.1 Å². The van der Waals surface area contributed by atoms with Crippen molar-refractivity contribution >= 4 is 17.3 Å². The van der Waals surface area contributed by atoms with Crippen LogP contribution in [0.4, 0.5) is 11.4 Å². The minimum absolute atomic E-state index is 0.0390. The molecule has 0 amide bonds. The number of nitrogens with one attached hydrogen (secondary N) is 1. The molecule has 1 aromatic rings. The third-order valence-electron chi connectivity index (χ3n) is 2.65. The molecule has 0 aliphatic rings. The molecule has 0 saturated heterocycles. The quantitative estimate of drug-likeness (QED) is 0.565. The smallest absolute Gasteiger partial charge is 0.303 e. The van der Waals surface area contributed by atoms with E-state index in [0.717, 1.165) is 0 Å². The van der Waals surface area contributed by atoms with Crippen molar-refractivity contribution in [2.24, 2.45) is 5.92 Å². The molecule has 0 aliphatic heterocycles. The molecular weight excluding hydrogens is 276 g/mol. The maximum Gasteiger partial charge on any atom is 0.303 e. The summed E-state index contributed by atoms with van der Waals surface area (Å²) in [5, 5.41) is 22.6. The Bertz CT molecular complexity index is 516. The number of carbonyl (C=O) groups is 1. The van der Waals surface area contributed by atoms with Crippen molar-refractivity contribution in [2.75, 3.05) is 11.9 Å². The van der Waals surface area contributed by atoms with Crippen LogP contribution in [0.15, 0.2) is 18.2 Å². The van der Waals surface area contributed by atoms with Gasteiger partial charge in [-0.1, -0.05) is 6.92 Å². The number of ether oxygens (including phenoxy) is 1. The Morgan fingerprint density at radius 3 is 2.57 bits per heavy atom. The Hall–Kier alpha value is -2.31. The van der Waals surface area contributed by atoms with Gasteiger partial charge in [0.25, 0.3) is 5.69 Å². The monoisotopic (exact) mass is 296 g/mol. The van der Waals surface area contributed by atoms with Crippen LogP contribution < -0.4 is 10.1 Å². The summed E-state index contributed by atoms with van der Waals surface area (Å²) in [5.41, 5.74) is 0.471. The number of carboxylic acids is 1. The van der Waals surface area contributed by atoms with Gasteiger partial charge in [0.2, 0.25) is 0 Å². The van der Waals surface area contributed by atoms with Gasteiger partial charge in [0.1, 0.15) is 5.75 Å². The molecule has 2 N–H and O–H groups in total. The van der Waals surface area contributed by atoms with Gasteiger partial charge in [-0.05, 0) is 19.8 Å². The lowest BCUT2D eigenvalue weighted by Crippen LogP contribution is -2.15. The molecule has 0 aliphatic carbocycles. The topological polar surface area (TPSA) is 102 Å². The average molecular weight is 296 g/mol. The summed E-state index contributed by atoms with van der Waals surface area (Å²) in [5.74, 6) is -0.545. The molecule has 0 radical (unpaired) electrons. The van der Waals surface area contributed by atoms with Crippen molar-refractivity contribution in [1.29, 1.82) is 0 Å². The summed E-state index contributed by atoms with van der Waals surface area (Å²) < 4.78 is 5.48. The third kappa shape index (κ3) is 6.11. The van der Waals surface area contributed by atoms with Crippen LogP contribution in [0, 0.1) is 16.0 Å². The number of rotatable bonds is 8. The highest BCUT2D eigenvalue weighted by atomic mass is 16.6. The molecule has 7 nitrogen and oxygen atoms in total. The van der Waals surface area contributed by atoms with Gasteiger partial charge in [-0.25, -0.2) is 0 Å². The zero-order valence-electron chi connectivity index (χ0n) is 12.3. The average Bonchev–Trinajstić information content (AvgIpc) is 2.34. The molecule has 0 heterocycles. The van der Waals surface area contributed by atoms with Gasteiger partial charge >= 0.3 is 5.97 Å². The second kappa shape index (κ2) is 7.47. The first kappa shape index (κ1) is 16.7. The Morgan fingerprint density at radius 1 is 1.38 bits per heavy atom. The SMILES string of the molecule is CC(CNc1cc(OC(C)C)cc([N+](=O)[O-])c1)CC(=O)O. The second-order valence-electron chi connectivity index (χ2n) is 5.22. The van der Waals surface area contributed by atoms with Crippen LogP contribution in [0.1, 0.15) is 27.2 Å². The van der Waals surface area contributed by atoms with Gasteiger partial charge in [-0.2, -0.15) is 0 Å². The molecule has 1 atom stereocenters. The van der Waals surface area contributed by atoms with Crippen molar-refractivity contribution in [2.45, 2.75) is 33.3 Å². The number of carboxylic acid groups (broad SMARTS) is 1. The number of anilines is 1. The fourth-order valence-electron chi connectivity index (χ4n) is 1.79.